The van der Waals surface area contributed by atoms with E-state index in [2.05, 4.69) is 10.2 Å². The molecule has 0 amide bonds. The van der Waals surface area contributed by atoms with Crippen LogP contribution in [0.25, 0.3) is 5.69 Å². The van der Waals surface area contributed by atoms with E-state index in [1.807, 2.05) is 0 Å². The van der Waals surface area contributed by atoms with Crippen molar-refractivity contribution in [2.75, 3.05) is 5.73 Å². The summed E-state index contributed by atoms with van der Waals surface area (Å²) in [6, 6.07) is 1.57. The average molecular weight is 212 g/mol. The molecule has 0 spiro atoms. The van der Waals surface area contributed by atoms with E-state index in [1.165, 1.54) is 0 Å². The number of nitrogens with one attached hydrogen (secondary N) is 1. The molecular weight excluding hydrogens is 206 g/mol. The minimum Gasteiger partial charge on any atom is -0.397 e. The molecule has 0 unspecified atom stereocenters. The van der Waals surface area contributed by atoms with E-state index >= 15 is 0 Å². The lowest BCUT2D eigenvalue weighted by Crippen LogP contribution is -2.17. The van der Waals surface area contributed by atoms with Crippen molar-refractivity contribution in [3.8, 4) is 5.69 Å². The number of nitrogen functional groups attached to an aromatic ring is 1. The second kappa shape index (κ2) is 3.19. The highest BCUT2D eigenvalue weighted by atomic mass is 19.1. The Kier molecular flexibility index (Phi) is 2.00. The number of benzene rings is 1. The Hall–Kier alpha value is -2.18. The highest BCUT2D eigenvalue weighted by Crippen LogP contribution is 2.20. The number of aromatic nitrogens is 3. The minimum absolute atomic E-state index is 0.170. The molecule has 1 aromatic heterocycles. The zero-order valence-corrected chi connectivity index (χ0v) is 7.37. The molecular formula is C8H6F2N4O. The number of hydrogen-bond acceptors (Lipinski definition) is 3. The van der Waals surface area contributed by atoms with Gasteiger partial charge < -0.3 is 5.73 Å². The largest absolute Gasteiger partial charge is 0.397 e. The van der Waals surface area contributed by atoms with Crippen LogP contribution >= 0.6 is 0 Å². The highest BCUT2D eigenvalue weighted by molar-refractivity contribution is 5.58. The van der Waals surface area contributed by atoms with Crippen molar-refractivity contribution in [2.24, 2.45) is 0 Å². The highest BCUT2D eigenvalue weighted by Gasteiger charge is 2.13. The van der Waals surface area contributed by atoms with Crippen LogP contribution in [0, 0.1) is 11.6 Å². The number of nitrogens with two attached hydrogens (primary N) is 1. The zero-order chi connectivity index (χ0) is 11.0. The topological polar surface area (TPSA) is 76.7 Å². The summed E-state index contributed by atoms with van der Waals surface area (Å²) in [4.78, 5) is 11.1. The second-order valence-electron chi connectivity index (χ2n) is 2.86. The van der Waals surface area contributed by atoms with Gasteiger partial charge >= 0.3 is 5.69 Å². The van der Waals surface area contributed by atoms with Crippen LogP contribution in [0.2, 0.25) is 0 Å². The summed E-state index contributed by atoms with van der Waals surface area (Å²) in [6.45, 7) is 0. The van der Waals surface area contributed by atoms with Gasteiger partial charge in [-0.3, -0.25) is 0 Å². The van der Waals surface area contributed by atoms with Crippen LogP contribution in [0.15, 0.2) is 23.3 Å². The Labute approximate surface area is 82.1 Å². The van der Waals surface area contributed by atoms with Crippen LogP contribution in [0.4, 0.5) is 14.5 Å². The summed E-state index contributed by atoms with van der Waals surface area (Å²) in [5, 5.41) is 5.49. The summed E-state index contributed by atoms with van der Waals surface area (Å²) in [5.74, 6) is -1.72. The molecule has 0 atom stereocenters. The van der Waals surface area contributed by atoms with Gasteiger partial charge in [0.2, 0.25) is 0 Å². The smallest absolute Gasteiger partial charge is 0.347 e. The van der Waals surface area contributed by atoms with Gasteiger partial charge in [0.05, 0.1) is 5.69 Å². The summed E-state index contributed by atoms with van der Waals surface area (Å²) >= 11 is 0. The molecule has 0 fully saturated rings. The van der Waals surface area contributed by atoms with Gasteiger partial charge in [-0.2, -0.15) is 5.10 Å². The van der Waals surface area contributed by atoms with Gasteiger partial charge in [-0.05, 0) is 6.07 Å². The van der Waals surface area contributed by atoms with Gasteiger partial charge in [0.15, 0.2) is 5.82 Å². The van der Waals surface area contributed by atoms with Crippen LogP contribution in [-0.4, -0.2) is 14.8 Å². The molecule has 2 rings (SSSR count). The molecule has 7 heteroatoms. The third kappa shape index (κ3) is 1.47. The molecule has 2 aromatic rings. The summed E-state index contributed by atoms with van der Waals surface area (Å²) in [6.07, 6.45) is 1.06. The third-order valence-electron chi connectivity index (χ3n) is 1.85. The van der Waals surface area contributed by atoms with Crippen LogP contribution in [-0.2, 0) is 0 Å². The SMILES string of the molecule is Nc1cc(F)cc(F)c1-n1cn[nH]c1=O. The molecule has 3 N–H and O–H groups in total. The first-order chi connectivity index (χ1) is 7.09. The molecule has 0 aliphatic rings. The molecule has 1 aromatic carbocycles. The quantitative estimate of drug-likeness (QED) is 0.672. The summed E-state index contributed by atoms with van der Waals surface area (Å²) < 4.78 is 26.9. The maximum Gasteiger partial charge on any atom is 0.347 e. The first kappa shape index (κ1) is 9.38. The number of anilines is 1. The van der Waals surface area contributed by atoms with Crippen molar-refractivity contribution in [3.63, 3.8) is 0 Å². The monoisotopic (exact) mass is 212 g/mol. The molecule has 15 heavy (non-hydrogen) atoms. The Bertz CT molecular complexity index is 537. The standard InChI is InChI=1S/C8H6F2N4O/c9-4-1-5(10)7(6(11)2-4)14-3-12-13-8(14)15/h1-3H,11H2,(H,13,15). The van der Waals surface area contributed by atoms with Crippen LogP contribution in [0.1, 0.15) is 0 Å². The van der Waals surface area contributed by atoms with E-state index in [-0.39, 0.29) is 11.4 Å². The lowest BCUT2D eigenvalue weighted by Gasteiger charge is -2.05. The van der Waals surface area contributed by atoms with Crippen molar-refractivity contribution in [1.82, 2.24) is 14.8 Å². The first-order valence-corrected chi connectivity index (χ1v) is 3.96. The predicted octanol–water partition coefficient (Wildman–Crippen LogP) is 0.421. The maximum atomic E-state index is 13.3. The molecule has 5 nitrogen and oxygen atoms in total. The fraction of sp³-hybridized carbons (Fsp3) is 0. The Balaban J connectivity index is 2.74. The van der Waals surface area contributed by atoms with Crippen molar-refractivity contribution >= 4 is 5.69 Å². The zero-order valence-electron chi connectivity index (χ0n) is 7.37. The number of halogens is 2. The molecule has 0 saturated heterocycles. The van der Waals surface area contributed by atoms with Crippen LogP contribution in [0.3, 0.4) is 0 Å². The van der Waals surface area contributed by atoms with Crippen molar-refractivity contribution in [2.45, 2.75) is 0 Å². The molecule has 0 saturated carbocycles. The fourth-order valence-electron chi connectivity index (χ4n) is 1.25. The van der Waals surface area contributed by atoms with E-state index in [4.69, 9.17) is 5.73 Å². The first-order valence-electron chi connectivity index (χ1n) is 3.96. The van der Waals surface area contributed by atoms with E-state index in [9.17, 15) is 13.6 Å². The van der Waals surface area contributed by atoms with Crippen molar-refractivity contribution < 1.29 is 8.78 Å². The van der Waals surface area contributed by atoms with Gasteiger partial charge in [-0.25, -0.2) is 23.2 Å². The Morgan fingerprint density at radius 1 is 1.40 bits per heavy atom. The van der Waals surface area contributed by atoms with Crippen molar-refractivity contribution in [3.05, 3.63) is 40.6 Å². The lowest BCUT2D eigenvalue weighted by molar-refractivity contribution is 0.578. The number of aromatic amines is 1. The van der Waals surface area contributed by atoms with Crippen molar-refractivity contribution in [1.29, 1.82) is 0 Å². The van der Waals surface area contributed by atoms with Gasteiger partial charge in [0.1, 0.15) is 17.8 Å². The summed E-state index contributed by atoms with van der Waals surface area (Å²) in [7, 11) is 0. The average Bonchev–Trinajstić information content (AvgIpc) is 2.50. The number of H-pyrrole nitrogens is 1. The lowest BCUT2D eigenvalue weighted by atomic mass is 10.2. The van der Waals surface area contributed by atoms with E-state index in [0.29, 0.717) is 6.07 Å². The number of hydrogen-bond donors (Lipinski definition) is 2. The van der Waals surface area contributed by atoms with Gasteiger partial charge in [-0.1, -0.05) is 0 Å². The van der Waals surface area contributed by atoms with Crippen LogP contribution < -0.4 is 11.4 Å². The minimum atomic E-state index is -0.920. The van der Waals surface area contributed by atoms with Gasteiger partial charge in [0.25, 0.3) is 0 Å². The normalized spacial score (nSPS) is 10.5. The molecule has 0 aliphatic heterocycles. The molecule has 0 radical (unpaired) electrons. The Morgan fingerprint density at radius 3 is 2.67 bits per heavy atom. The Morgan fingerprint density at radius 2 is 2.13 bits per heavy atom. The predicted molar refractivity (Wildman–Crippen MR) is 48.5 cm³/mol. The third-order valence-corrected chi connectivity index (χ3v) is 1.85. The van der Waals surface area contributed by atoms with Gasteiger partial charge in [0, 0.05) is 6.07 Å². The molecule has 0 aliphatic carbocycles. The second-order valence-corrected chi connectivity index (χ2v) is 2.86. The summed E-state index contributed by atoms with van der Waals surface area (Å²) in [5.41, 5.74) is 4.37. The maximum absolute atomic E-state index is 13.3. The molecule has 0 bridgehead atoms. The van der Waals surface area contributed by atoms with E-state index < -0.39 is 17.3 Å². The molecule has 1 heterocycles. The van der Waals surface area contributed by atoms with Crippen LogP contribution in [0.5, 0.6) is 0 Å². The molecule has 78 valence electrons. The number of nitrogens with zero attached hydrogens (tertiary/aromatic N) is 2. The fourth-order valence-corrected chi connectivity index (χ4v) is 1.25. The van der Waals surface area contributed by atoms with E-state index in [0.717, 1.165) is 17.0 Å². The van der Waals surface area contributed by atoms with E-state index in [1.54, 1.807) is 0 Å². The number of rotatable bonds is 1. The van der Waals surface area contributed by atoms with Gasteiger partial charge in [-0.15, -0.1) is 0 Å².